The van der Waals surface area contributed by atoms with Crippen LogP contribution in [0.2, 0.25) is 5.02 Å². The molecule has 3 aromatic carbocycles. The van der Waals surface area contributed by atoms with Crippen LogP contribution >= 0.6 is 11.6 Å². The van der Waals surface area contributed by atoms with Gasteiger partial charge in [0, 0.05) is 29.2 Å². The summed E-state index contributed by atoms with van der Waals surface area (Å²) in [5.41, 5.74) is 3.20. The lowest BCUT2D eigenvalue weighted by atomic mass is 9.74. The molecule has 1 aromatic heterocycles. The molecular formula is C31H33ClN4O. The fourth-order valence-electron chi connectivity index (χ4n) is 5.43. The first-order valence-corrected chi connectivity index (χ1v) is 13.5. The van der Waals surface area contributed by atoms with Crippen molar-refractivity contribution < 1.29 is 4.79 Å². The molecule has 1 aliphatic rings. The number of nitrogens with zero attached hydrogens (tertiary/aromatic N) is 2. The molecule has 6 heteroatoms. The number of aromatic nitrogens is 2. The molecule has 0 radical (unpaired) electrons. The molecular weight excluding hydrogens is 480 g/mol. The molecule has 190 valence electrons. The van der Waals surface area contributed by atoms with E-state index in [4.69, 9.17) is 16.6 Å². The summed E-state index contributed by atoms with van der Waals surface area (Å²) in [5, 5.41) is 9.56. The second-order valence-corrected chi connectivity index (χ2v) is 10.5. The summed E-state index contributed by atoms with van der Waals surface area (Å²) in [7, 11) is 0. The molecule has 0 spiro atoms. The Morgan fingerprint density at radius 1 is 1.03 bits per heavy atom. The van der Waals surface area contributed by atoms with Crippen LogP contribution in [0.4, 0.5) is 5.95 Å². The van der Waals surface area contributed by atoms with Crippen molar-refractivity contribution in [3.8, 4) is 0 Å². The molecule has 0 bridgehead atoms. The van der Waals surface area contributed by atoms with Gasteiger partial charge in [-0.3, -0.25) is 4.79 Å². The number of carbonyl (C=O) groups is 1. The van der Waals surface area contributed by atoms with Crippen molar-refractivity contribution >= 4 is 34.2 Å². The van der Waals surface area contributed by atoms with Gasteiger partial charge in [-0.1, -0.05) is 86.0 Å². The number of nitrogens with one attached hydrogen (secondary N) is 2. The molecule has 1 saturated carbocycles. The first kappa shape index (κ1) is 25.2. The van der Waals surface area contributed by atoms with Crippen molar-refractivity contribution in [3.05, 3.63) is 100 Å². The predicted molar refractivity (Wildman–Crippen MR) is 151 cm³/mol. The number of benzene rings is 3. The number of halogens is 1. The zero-order valence-corrected chi connectivity index (χ0v) is 22.2. The molecule has 4 aromatic rings. The summed E-state index contributed by atoms with van der Waals surface area (Å²) in [6.45, 7) is 4.67. The number of amides is 1. The van der Waals surface area contributed by atoms with E-state index < -0.39 is 0 Å². The highest BCUT2D eigenvalue weighted by Gasteiger charge is 2.42. The Kier molecular flexibility index (Phi) is 7.43. The molecule has 1 unspecified atom stereocenters. The number of hydrogen-bond donors (Lipinski definition) is 2. The van der Waals surface area contributed by atoms with E-state index in [0.717, 1.165) is 59.7 Å². The molecule has 0 saturated heterocycles. The van der Waals surface area contributed by atoms with E-state index in [2.05, 4.69) is 65.9 Å². The van der Waals surface area contributed by atoms with Crippen molar-refractivity contribution in [1.82, 2.24) is 15.3 Å². The molecule has 2 N–H and O–H groups in total. The van der Waals surface area contributed by atoms with E-state index in [0.29, 0.717) is 23.1 Å². The SMILES string of the molecule is CCC(C)Nc1ncc(C(=O)NCc2cccc3ccccc23)c(C2(c3ccc(Cl)cc3)CCCC2)n1. The van der Waals surface area contributed by atoms with Gasteiger partial charge in [0.2, 0.25) is 5.95 Å². The monoisotopic (exact) mass is 512 g/mol. The van der Waals surface area contributed by atoms with Gasteiger partial charge in [-0.2, -0.15) is 0 Å². The smallest absolute Gasteiger partial charge is 0.255 e. The second kappa shape index (κ2) is 10.9. The van der Waals surface area contributed by atoms with Gasteiger partial charge >= 0.3 is 0 Å². The summed E-state index contributed by atoms with van der Waals surface area (Å²) in [6, 6.07) is 22.7. The molecule has 1 atom stereocenters. The minimum absolute atomic E-state index is 0.154. The summed E-state index contributed by atoms with van der Waals surface area (Å²) in [4.78, 5) is 23.3. The van der Waals surface area contributed by atoms with Crippen molar-refractivity contribution in [3.63, 3.8) is 0 Å². The third kappa shape index (κ3) is 5.19. The van der Waals surface area contributed by atoms with Crippen LogP contribution < -0.4 is 10.6 Å². The molecule has 1 amide bonds. The van der Waals surface area contributed by atoms with E-state index in [9.17, 15) is 4.79 Å². The highest BCUT2D eigenvalue weighted by molar-refractivity contribution is 6.30. The maximum Gasteiger partial charge on any atom is 0.255 e. The van der Waals surface area contributed by atoms with E-state index in [-0.39, 0.29) is 17.4 Å². The first-order chi connectivity index (χ1) is 18.0. The van der Waals surface area contributed by atoms with Crippen LogP contribution in [0.25, 0.3) is 10.8 Å². The van der Waals surface area contributed by atoms with Gasteiger partial charge in [-0.15, -0.1) is 0 Å². The van der Waals surface area contributed by atoms with E-state index in [1.165, 1.54) is 0 Å². The lowest BCUT2D eigenvalue weighted by Gasteiger charge is -2.31. The highest BCUT2D eigenvalue weighted by Crippen LogP contribution is 2.47. The Morgan fingerprint density at radius 2 is 1.76 bits per heavy atom. The zero-order valence-electron chi connectivity index (χ0n) is 21.4. The van der Waals surface area contributed by atoms with Gasteiger partial charge in [0.15, 0.2) is 0 Å². The quantitative estimate of drug-likeness (QED) is 0.260. The Labute approximate surface area is 223 Å². The Balaban J connectivity index is 1.53. The van der Waals surface area contributed by atoms with Crippen LogP contribution in [-0.4, -0.2) is 21.9 Å². The Bertz CT molecular complexity index is 1390. The fraction of sp³-hybridized carbons (Fsp3) is 0.323. The maximum atomic E-state index is 13.7. The summed E-state index contributed by atoms with van der Waals surface area (Å²) in [5.74, 6) is 0.411. The van der Waals surface area contributed by atoms with Gasteiger partial charge in [0.25, 0.3) is 5.91 Å². The molecule has 1 heterocycles. The van der Waals surface area contributed by atoms with Crippen molar-refractivity contribution in [2.45, 2.75) is 64.0 Å². The van der Waals surface area contributed by atoms with Crippen LogP contribution in [-0.2, 0) is 12.0 Å². The Hall–Kier alpha value is -3.44. The van der Waals surface area contributed by atoms with Gasteiger partial charge in [0.05, 0.1) is 11.3 Å². The molecule has 0 aliphatic heterocycles. The summed E-state index contributed by atoms with van der Waals surface area (Å²) >= 11 is 6.23. The van der Waals surface area contributed by atoms with Crippen molar-refractivity contribution in [2.75, 3.05) is 5.32 Å². The topological polar surface area (TPSA) is 66.9 Å². The standard InChI is InChI=1S/C31H33ClN4O/c1-3-21(2)35-30-34-20-27(29(37)33-19-23-11-8-10-22-9-4-5-12-26(22)23)28(36-30)31(17-6-7-18-31)24-13-15-25(32)16-14-24/h4-5,8-16,20-21H,3,6-7,17-19H2,1-2H3,(H,33,37)(H,34,35,36). The summed E-state index contributed by atoms with van der Waals surface area (Å²) in [6.07, 6.45) is 6.67. The molecule has 5 nitrogen and oxygen atoms in total. The third-order valence-electron chi connectivity index (χ3n) is 7.65. The largest absolute Gasteiger partial charge is 0.352 e. The van der Waals surface area contributed by atoms with Crippen LogP contribution in [0.3, 0.4) is 0 Å². The Morgan fingerprint density at radius 3 is 2.51 bits per heavy atom. The molecule has 1 aliphatic carbocycles. The lowest BCUT2D eigenvalue weighted by Crippen LogP contribution is -2.33. The van der Waals surface area contributed by atoms with Gasteiger partial charge < -0.3 is 10.6 Å². The minimum atomic E-state index is -0.356. The summed E-state index contributed by atoms with van der Waals surface area (Å²) < 4.78 is 0. The minimum Gasteiger partial charge on any atom is -0.352 e. The van der Waals surface area contributed by atoms with Gasteiger partial charge in [-0.25, -0.2) is 9.97 Å². The molecule has 37 heavy (non-hydrogen) atoms. The van der Waals surface area contributed by atoms with E-state index >= 15 is 0 Å². The number of carbonyl (C=O) groups excluding carboxylic acids is 1. The van der Waals surface area contributed by atoms with Gasteiger partial charge in [0.1, 0.15) is 0 Å². The fourth-order valence-corrected chi connectivity index (χ4v) is 5.56. The maximum absolute atomic E-state index is 13.7. The predicted octanol–water partition coefficient (Wildman–Crippen LogP) is 7.28. The van der Waals surface area contributed by atoms with Crippen molar-refractivity contribution in [2.24, 2.45) is 0 Å². The van der Waals surface area contributed by atoms with E-state index in [1.807, 2.05) is 30.3 Å². The average molecular weight is 513 g/mol. The molecule has 1 fully saturated rings. The number of rotatable bonds is 8. The third-order valence-corrected chi connectivity index (χ3v) is 7.90. The van der Waals surface area contributed by atoms with Crippen LogP contribution in [0, 0.1) is 0 Å². The van der Waals surface area contributed by atoms with Crippen LogP contribution in [0.15, 0.2) is 72.9 Å². The number of hydrogen-bond acceptors (Lipinski definition) is 4. The molecule has 5 rings (SSSR count). The number of fused-ring (bicyclic) bond motifs is 1. The van der Waals surface area contributed by atoms with Crippen LogP contribution in [0.1, 0.15) is 73.1 Å². The highest BCUT2D eigenvalue weighted by atomic mass is 35.5. The lowest BCUT2D eigenvalue weighted by molar-refractivity contribution is 0.0948. The first-order valence-electron chi connectivity index (χ1n) is 13.1. The second-order valence-electron chi connectivity index (χ2n) is 10.0. The van der Waals surface area contributed by atoms with Crippen LogP contribution in [0.5, 0.6) is 0 Å². The zero-order chi connectivity index (χ0) is 25.8. The van der Waals surface area contributed by atoms with E-state index in [1.54, 1.807) is 6.20 Å². The normalized spacial score (nSPS) is 15.4. The van der Waals surface area contributed by atoms with Crippen molar-refractivity contribution in [1.29, 1.82) is 0 Å². The number of anilines is 1. The van der Waals surface area contributed by atoms with Gasteiger partial charge in [-0.05, 0) is 60.2 Å². The average Bonchev–Trinajstić information content (AvgIpc) is 3.43.